The SMILES string of the molecule is CCc1cc(-c2cc(F)ccc2-c2ccc(N3CCOCC3)nc2)cnc1N. The second-order valence-corrected chi connectivity index (χ2v) is 6.82. The Kier molecular flexibility index (Phi) is 5.21. The molecule has 0 spiro atoms. The zero-order valence-electron chi connectivity index (χ0n) is 15.9. The van der Waals surface area contributed by atoms with E-state index in [4.69, 9.17) is 10.5 Å². The number of halogens is 1. The van der Waals surface area contributed by atoms with Crippen molar-refractivity contribution in [3.05, 3.63) is 60.2 Å². The van der Waals surface area contributed by atoms with Crippen LogP contribution in [0, 0.1) is 5.82 Å². The first-order valence-corrected chi connectivity index (χ1v) is 9.49. The van der Waals surface area contributed by atoms with Gasteiger partial charge in [0.1, 0.15) is 17.5 Å². The van der Waals surface area contributed by atoms with Crippen LogP contribution >= 0.6 is 0 Å². The lowest BCUT2D eigenvalue weighted by atomic mass is 9.95. The van der Waals surface area contributed by atoms with Crippen LogP contribution in [-0.2, 0) is 11.2 Å². The van der Waals surface area contributed by atoms with E-state index in [1.165, 1.54) is 12.1 Å². The number of pyridine rings is 2. The van der Waals surface area contributed by atoms with Crippen LogP contribution < -0.4 is 10.6 Å². The van der Waals surface area contributed by atoms with Crippen molar-refractivity contribution in [3.8, 4) is 22.3 Å². The third-order valence-electron chi connectivity index (χ3n) is 5.07. The molecule has 0 saturated carbocycles. The minimum Gasteiger partial charge on any atom is -0.383 e. The topological polar surface area (TPSA) is 64.3 Å². The van der Waals surface area contributed by atoms with Crippen molar-refractivity contribution in [2.24, 2.45) is 0 Å². The van der Waals surface area contributed by atoms with Crippen LogP contribution in [0.5, 0.6) is 0 Å². The van der Waals surface area contributed by atoms with Crippen molar-refractivity contribution in [2.45, 2.75) is 13.3 Å². The van der Waals surface area contributed by atoms with Crippen molar-refractivity contribution < 1.29 is 9.13 Å². The molecule has 0 atom stereocenters. The number of nitrogens with zero attached hydrogens (tertiary/aromatic N) is 3. The van der Waals surface area contributed by atoms with Gasteiger partial charge < -0.3 is 15.4 Å². The van der Waals surface area contributed by atoms with E-state index in [-0.39, 0.29) is 5.82 Å². The number of ether oxygens (including phenoxy) is 1. The van der Waals surface area contributed by atoms with Gasteiger partial charge in [-0.1, -0.05) is 13.0 Å². The van der Waals surface area contributed by atoms with Crippen molar-refractivity contribution >= 4 is 11.6 Å². The second kappa shape index (κ2) is 7.94. The Hall–Kier alpha value is -2.99. The molecule has 1 aliphatic heterocycles. The first kappa shape index (κ1) is 18.4. The maximum atomic E-state index is 14.0. The highest BCUT2D eigenvalue weighted by Crippen LogP contribution is 2.34. The lowest BCUT2D eigenvalue weighted by molar-refractivity contribution is 0.122. The fourth-order valence-corrected chi connectivity index (χ4v) is 3.48. The standard InChI is InChI=1S/C22H23FN4O/c1-2-15-11-17(14-26-22(15)24)20-12-18(23)4-5-19(20)16-3-6-21(25-13-16)27-7-9-28-10-8-27/h3-6,11-14H,2,7-10H2,1H3,(H2,24,26). The molecule has 1 aromatic carbocycles. The van der Waals surface area contributed by atoms with Gasteiger partial charge in [0.25, 0.3) is 0 Å². The third-order valence-corrected chi connectivity index (χ3v) is 5.07. The molecule has 0 amide bonds. The van der Waals surface area contributed by atoms with Gasteiger partial charge in [0, 0.05) is 36.6 Å². The summed E-state index contributed by atoms with van der Waals surface area (Å²) >= 11 is 0. The van der Waals surface area contributed by atoms with E-state index in [2.05, 4.69) is 14.9 Å². The van der Waals surface area contributed by atoms with Gasteiger partial charge in [-0.05, 0) is 53.4 Å². The summed E-state index contributed by atoms with van der Waals surface area (Å²) in [4.78, 5) is 11.1. The maximum Gasteiger partial charge on any atom is 0.128 e. The zero-order chi connectivity index (χ0) is 19.5. The first-order chi connectivity index (χ1) is 13.7. The predicted molar refractivity (Wildman–Crippen MR) is 110 cm³/mol. The summed E-state index contributed by atoms with van der Waals surface area (Å²) in [6, 6.07) is 10.8. The highest BCUT2D eigenvalue weighted by molar-refractivity contribution is 5.83. The van der Waals surface area contributed by atoms with Gasteiger partial charge in [0.2, 0.25) is 0 Å². The molecule has 2 aromatic heterocycles. The third kappa shape index (κ3) is 3.68. The summed E-state index contributed by atoms with van der Waals surface area (Å²) in [5.41, 5.74) is 10.4. The molecule has 3 heterocycles. The van der Waals surface area contributed by atoms with Crippen LogP contribution in [0.1, 0.15) is 12.5 Å². The van der Waals surface area contributed by atoms with Gasteiger partial charge >= 0.3 is 0 Å². The summed E-state index contributed by atoms with van der Waals surface area (Å²) in [7, 11) is 0. The van der Waals surface area contributed by atoms with Crippen molar-refractivity contribution in [1.82, 2.24) is 9.97 Å². The molecule has 144 valence electrons. The minimum atomic E-state index is -0.286. The van der Waals surface area contributed by atoms with Crippen LogP contribution in [0.25, 0.3) is 22.3 Å². The van der Waals surface area contributed by atoms with E-state index in [0.717, 1.165) is 66.4 Å². The van der Waals surface area contributed by atoms with Crippen LogP contribution in [0.4, 0.5) is 16.0 Å². The van der Waals surface area contributed by atoms with Crippen LogP contribution in [-0.4, -0.2) is 36.3 Å². The predicted octanol–water partition coefficient (Wildman–Crippen LogP) is 3.93. The normalized spacial score (nSPS) is 14.3. The molecule has 6 heteroatoms. The van der Waals surface area contributed by atoms with E-state index in [1.807, 2.05) is 31.3 Å². The molecule has 3 aromatic rings. The fraction of sp³-hybridized carbons (Fsp3) is 0.273. The van der Waals surface area contributed by atoms with Crippen molar-refractivity contribution in [3.63, 3.8) is 0 Å². The highest BCUT2D eigenvalue weighted by Gasteiger charge is 2.14. The largest absolute Gasteiger partial charge is 0.383 e. The van der Waals surface area contributed by atoms with Crippen LogP contribution in [0.15, 0.2) is 48.8 Å². The van der Waals surface area contributed by atoms with Gasteiger partial charge in [-0.25, -0.2) is 14.4 Å². The molecule has 28 heavy (non-hydrogen) atoms. The molecule has 5 nitrogen and oxygen atoms in total. The Morgan fingerprint density at radius 3 is 2.50 bits per heavy atom. The average Bonchev–Trinajstić information content (AvgIpc) is 2.75. The van der Waals surface area contributed by atoms with Crippen LogP contribution in [0.2, 0.25) is 0 Å². The summed E-state index contributed by atoms with van der Waals surface area (Å²) in [5.74, 6) is 1.16. The van der Waals surface area contributed by atoms with Crippen molar-refractivity contribution in [2.75, 3.05) is 36.9 Å². The van der Waals surface area contributed by atoms with E-state index in [0.29, 0.717) is 5.82 Å². The van der Waals surface area contributed by atoms with Gasteiger partial charge in [0.05, 0.1) is 13.2 Å². The molecule has 0 bridgehead atoms. The van der Waals surface area contributed by atoms with E-state index in [1.54, 1.807) is 12.3 Å². The monoisotopic (exact) mass is 378 g/mol. The average molecular weight is 378 g/mol. The fourth-order valence-electron chi connectivity index (χ4n) is 3.48. The number of morpholine rings is 1. The molecular formula is C22H23FN4O. The molecular weight excluding hydrogens is 355 g/mol. The number of hydrogen-bond acceptors (Lipinski definition) is 5. The number of aromatic nitrogens is 2. The number of hydrogen-bond donors (Lipinski definition) is 1. The number of benzene rings is 1. The molecule has 0 aliphatic carbocycles. The van der Waals surface area contributed by atoms with E-state index >= 15 is 0 Å². The molecule has 0 radical (unpaired) electrons. The summed E-state index contributed by atoms with van der Waals surface area (Å²) in [5, 5.41) is 0. The van der Waals surface area contributed by atoms with Gasteiger partial charge in [-0.2, -0.15) is 0 Å². The van der Waals surface area contributed by atoms with Gasteiger partial charge in [0.15, 0.2) is 0 Å². The number of nitrogens with two attached hydrogens (primary N) is 1. The second-order valence-electron chi connectivity index (χ2n) is 6.82. The van der Waals surface area contributed by atoms with E-state index in [9.17, 15) is 4.39 Å². The smallest absolute Gasteiger partial charge is 0.128 e. The Morgan fingerprint density at radius 2 is 1.79 bits per heavy atom. The highest BCUT2D eigenvalue weighted by atomic mass is 19.1. The van der Waals surface area contributed by atoms with E-state index < -0.39 is 0 Å². The maximum absolute atomic E-state index is 14.0. The molecule has 4 rings (SSSR count). The molecule has 1 aliphatic rings. The molecule has 1 fully saturated rings. The Labute approximate surface area is 164 Å². The Morgan fingerprint density at radius 1 is 1.00 bits per heavy atom. The zero-order valence-corrected chi connectivity index (χ0v) is 15.9. The van der Waals surface area contributed by atoms with Gasteiger partial charge in [-0.3, -0.25) is 0 Å². The van der Waals surface area contributed by atoms with Crippen molar-refractivity contribution in [1.29, 1.82) is 0 Å². The Balaban J connectivity index is 1.72. The number of nitrogen functional groups attached to an aromatic ring is 1. The summed E-state index contributed by atoms with van der Waals surface area (Å²) in [6.45, 7) is 5.14. The van der Waals surface area contributed by atoms with Gasteiger partial charge in [-0.15, -0.1) is 0 Å². The lowest BCUT2D eigenvalue weighted by Gasteiger charge is -2.27. The quantitative estimate of drug-likeness (QED) is 0.745. The first-order valence-electron chi connectivity index (χ1n) is 9.49. The molecule has 1 saturated heterocycles. The molecule has 2 N–H and O–H groups in total. The number of aryl methyl sites for hydroxylation is 1. The number of rotatable bonds is 4. The number of anilines is 2. The summed E-state index contributed by atoms with van der Waals surface area (Å²) < 4.78 is 19.4. The lowest BCUT2D eigenvalue weighted by Crippen LogP contribution is -2.36. The summed E-state index contributed by atoms with van der Waals surface area (Å²) in [6.07, 6.45) is 4.31. The minimum absolute atomic E-state index is 0.286. The molecule has 0 unspecified atom stereocenters. The Bertz CT molecular complexity index is 969. The van der Waals surface area contributed by atoms with Crippen LogP contribution in [0.3, 0.4) is 0 Å².